The Morgan fingerprint density at radius 3 is 1.80 bits per heavy atom. The molecule has 4 rings (SSSR count). The molecule has 0 bridgehead atoms. The van der Waals surface area contributed by atoms with Crippen molar-refractivity contribution in [2.24, 2.45) is 0 Å². The maximum Gasteiger partial charge on any atom is 0.125 e. The van der Waals surface area contributed by atoms with Crippen LogP contribution in [0.3, 0.4) is 0 Å². The molecule has 0 saturated carbocycles. The second-order valence-electron chi connectivity index (χ2n) is 9.09. The highest BCUT2D eigenvalue weighted by molar-refractivity contribution is 7.85. The summed E-state index contributed by atoms with van der Waals surface area (Å²) in [6.07, 6.45) is 0. The predicted molar refractivity (Wildman–Crippen MR) is 145 cm³/mol. The van der Waals surface area contributed by atoms with Crippen LogP contribution in [0.25, 0.3) is 0 Å². The second kappa shape index (κ2) is 10.8. The lowest BCUT2D eigenvalue weighted by molar-refractivity contribution is 0.370. The van der Waals surface area contributed by atoms with Crippen molar-refractivity contribution < 1.29 is 8.42 Å². The second-order valence-corrected chi connectivity index (χ2v) is 11.8. The molecule has 0 amide bonds. The van der Waals surface area contributed by atoms with Crippen molar-refractivity contribution in [1.82, 2.24) is 4.72 Å². The lowest BCUT2D eigenvalue weighted by Crippen LogP contribution is -2.45. The monoisotopic (exact) mass is 501 g/mol. The molecule has 0 aliphatic heterocycles. The van der Waals surface area contributed by atoms with Crippen LogP contribution in [-0.2, 0) is 27.3 Å². The van der Waals surface area contributed by atoms with Gasteiger partial charge < -0.3 is 0 Å². The first kappa shape index (κ1) is 25.2. The van der Waals surface area contributed by atoms with Crippen molar-refractivity contribution in [3.63, 3.8) is 0 Å². The SMILES string of the molecule is Cc1ccc(S(=O)N[C@](C)(c2ccccc2)[C@@H](C)c2ccccc2S(=O)c2ccc(C)cc2)cc1. The van der Waals surface area contributed by atoms with Gasteiger partial charge in [-0.15, -0.1) is 0 Å². The zero-order valence-corrected chi connectivity index (χ0v) is 22.2. The molecule has 0 spiro atoms. The molecule has 180 valence electrons. The molecule has 0 radical (unpaired) electrons. The van der Waals surface area contributed by atoms with E-state index in [9.17, 15) is 8.42 Å². The van der Waals surface area contributed by atoms with E-state index in [4.69, 9.17) is 0 Å². The molecule has 4 aromatic rings. The van der Waals surface area contributed by atoms with Gasteiger partial charge in [-0.1, -0.05) is 90.8 Å². The van der Waals surface area contributed by atoms with E-state index in [0.29, 0.717) is 0 Å². The smallest absolute Gasteiger partial charge is 0.125 e. The van der Waals surface area contributed by atoms with Crippen LogP contribution in [0.15, 0.2) is 118 Å². The van der Waals surface area contributed by atoms with Gasteiger partial charge in [0.1, 0.15) is 11.0 Å². The molecular formula is C30H31NO2S2. The van der Waals surface area contributed by atoms with Crippen LogP contribution in [0.1, 0.15) is 42.0 Å². The first-order valence-electron chi connectivity index (χ1n) is 11.7. The average molecular weight is 502 g/mol. The first-order chi connectivity index (χ1) is 16.8. The molecular weight excluding hydrogens is 470 g/mol. The maximum absolute atomic E-state index is 13.7. The Bertz CT molecular complexity index is 1340. The highest BCUT2D eigenvalue weighted by Crippen LogP contribution is 2.40. The molecule has 5 heteroatoms. The molecule has 0 heterocycles. The Morgan fingerprint density at radius 1 is 0.686 bits per heavy atom. The summed E-state index contributed by atoms with van der Waals surface area (Å²) in [5.41, 5.74) is 3.55. The summed E-state index contributed by atoms with van der Waals surface area (Å²) >= 11 is 0. The molecule has 0 aromatic heterocycles. The molecule has 1 N–H and O–H groups in total. The van der Waals surface area contributed by atoms with Crippen molar-refractivity contribution in [3.8, 4) is 0 Å². The fourth-order valence-corrected chi connectivity index (χ4v) is 6.68. The minimum atomic E-state index is -1.44. The van der Waals surface area contributed by atoms with Crippen LogP contribution in [0.5, 0.6) is 0 Å². The zero-order valence-electron chi connectivity index (χ0n) is 20.5. The topological polar surface area (TPSA) is 46.2 Å². The Balaban J connectivity index is 1.76. The standard InChI is InChI=1S/C30H31NO2S2/c1-22-14-18-26(19-15-22)34(32)29-13-9-8-12-28(29)24(3)30(4,25-10-6-5-7-11-25)31-35(33)27-20-16-23(2)17-21-27/h5-21,24,31H,1-4H3/t24-,30-,34?,35?/m0/s1. The Hall–Kier alpha value is -2.86. The van der Waals surface area contributed by atoms with E-state index in [2.05, 4.69) is 30.7 Å². The van der Waals surface area contributed by atoms with Gasteiger partial charge in [-0.25, -0.2) is 13.1 Å². The van der Waals surface area contributed by atoms with E-state index in [-0.39, 0.29) is 5.92 Å². The number of hydrogen-bond donors (Lipinski definition) is 1. The third-order valence-corrected chi connectivity index (χ3v) is 9.38. The van der Waals surface area contributed by atoms with Crippen molar-refractivity contribution in [2.75, 3.05) is 0 Å². The Labute approximate surface area is 213 Å². The van der Waals surface area contributed by atoms with E-state index < -0.39 is 27.3 Å². The maximum atomic E-state index is 13.7. The third-order valence-electron chi connectivity index (χ3n) is 6.60. The number of rotatable bonds is 8. The summed E-state index contributed by atoms with van der Waals surface area (Å²) in [6.45, 7) is 8.22. The van der Waals surface area contributed by atoms with Crippen molar-refractivity contribution in [3.05, 3.63) is 125 Å². The van der Waals surface area contributed by atoms with Crippen LogP contribution in [-0.4, -0.2) is 8.42 Å². The summed E-state index contributed by atoms with van der Waals surface area (Å²) in [5.74, 6) is -0.134. The van der Waals surface area contributed by atoms with Crippen molar-refractivity contribution >= 4 is 21.8 Å². The predicted octanol–water partition coefficient (Wildman–Crippen LogP) is 6.80. The summed E-state index contributed by atoms with van der Waals surface area (Å²) in [4.78, 5) is 2.27. The van der Waals surface area contributed by atoms with Gasteiger partial charge in [-0.05, 0) is 62.2 Å². The van der Waals surface area contributed by atoms with E-state index >= 15 is 0 Å². The van der Waals surface area contributed by atoms with E-state index in [1.165, 1.54) is 0 Å². The van der Waals surface area contributed by atoms with Gasteiger partial charge in [0.15, 0.2) is 0 Å². The summed E-state index contributed by atoms with van der Waals surface area (Å²) in [7, 11) is -2.77. The third kappa shape index (κ3) is 5.53. The van der Waals surface area contributed by atoms with Gasteiger partial charge in [0, 0.05) is 15.7 Å². The van der Waals surface area contributed by atoms with Gasteiger partial charge in [0.2, 0.25) is 0 Å². The van der Waals surface area contributed by atoms with Crippen LogP contribution >= 0.6 is 0 Å². The Morgan fingerprint density at radius 2 is 1.20 bits per heavy atom. The first-order valence-corrected chi connectivity index (χ1v) is 14.0. The fourth-order valence-electron chi connectivity index (χ4n) is 4.20. The molecule has 3 nitrogen and oxygen atoms in total. The average Bonchev–Trinajstić information content (AvgIpc) is 2.89. The highest BCUT2D eigenvalue weighted by Gasteiger charge is 2.37. The Kier molecular flexibility index (Phi) is 7.80. The van der Waals surface area contributed by atoms with Crippen LogP contribution in [0.2, 0.25) is 0 Å². The number of nitrogens with one attached hydrogen (secondary N) is 1. The van der Waals surface area contributed by atoms with Gasteiger partial charge in [-0.2, -0.15) is 0 Å². The van der Waals surface area contributed by atoms with Gasteiger partial charge in [0.05, 0.1) is 21.2 Å². The molecule has 2 unspecified atom stereocenters. The van der Waals surface area contributed by atoms with E-state index in [1.807, 2.05) is 105 Å². The summed E-state index contributed by atoms with van der Waals surface area (Å²) in [6, 6.07) is 33.5. The lowest BCUT2D eigenvalue weighted by atomic mass is 9.77. The van der Waals surface area contributed by atoms with Crippen LogP contribution in [0.4, 0.5) is 0 Å². The fraction of sp³-hybridized carbons (Fsp3) is 0.200. The molecule has 4 atom stereocenters. The minimum absolute atomic E-state index is 0.134. The number of benzene rings is 4. The molecule has 35 heavy (non-hydrogen) atoms. The molecule has 0 saturated heterocycles. The summed E-state index contributed by atoms with van der Waals surface area (Å²) < 4.78 is 30.6. The minimum Gasteiger partial charge on any atom is -0.249 e. The zero-order chi connectivity index (χ0) is 25.0. The highest BCUT2D eigenvalue weighted by atomic mass is 32.2. The quantitative estimate of drug-likeness (QED) is 0.289. The number of aryl methyl sites for hydroxylation is 2. The van der Waals surface area contributed by atoms with Gasteiger partial charge in [-0.3, -0.25) is 0 Å². The molecule has 0 aliphatic rings. The summed E-state index contributed by atoms with van der Waals surface area (Å²) in [5, 5.41) is 0. The van der Waals surface area contributed by atoms with Crippen LogP contribution in [0, 0.1) is 13.8 Å². The van der Waals surface area contributed by atoms with E-state index in [1.54, 1.807) is 0 Å². The van der Waals surface area contributed by atoms with Crippen LogP contribution < -0.4 is 4.72 Å². The number of hydrogen-bond acceptors (Lipinski definition) is 2. The normalized spacial score (nSPS) is 15.7. The molecule has 0 fully saturated rings. The van der Waals surface area contributed by atoms with Gasteiger partial charge in [0.25, 0.3) is 0 Å². The van der Waals surface area contributed by atoms with Crippen molar-refractivity contribution in [1.29, 1.82) is 0 Å². The van der Waals surface area contributed by atoms with Gasteiger partial charge >= 0.3 is 0 Å². The van der Waals surface area contributed by atoms with Crippen molar-refractivity contribution in [2.45, 2.75) is 53.8 Å². The molecule has 4 aromatic carbocycles. The lowest BCUT2D eigenvalue weighted by Gasteiger charge is -2.38. The molecule has 0 aliphatic carbocycles. The largest absolute Gasteiger partial charge is 0.249 e. The van der Waals surface area contributed by atoms with E-state index in [0.717, 1.165) is 36.9 Å².